The molecule has 2 N–H and O–H groups in total. The van der Waals surface area contributed by atoms with Crippen LogP contribution < -0.4 is 5.73 Å². The molecule has 1 aromatic heterocycles. The number of nitrogens with two attached hydrogens (primary N) is 1. The molecule has 2 rings (SSSR count). The maximum absolute atomic E-state index is 5.76. The number of hydrogen-bond acceptors (Lipinski definition) is 3. The van der Waals surface area contributed by atoms with E-state index in [1.54, 1.807) is 6.20 Å². The van der Waals surface area contributed by atoms with E-state index in [1.807, 2.05) is 28.9 Å². The molecule has 0 amide bonds. The van der Waals surface area contributed by atoms with Crippen LogP contribution in [0.4, 0.5) is 5.69 Å². The van der Waals surface area contributed by atoms with Crippen molar-refractivity contribution in [1.29, 1.82) is 0 Å². The molecule has 0 saturated carbocycles. The molecule has 0 aliphatic heterocycles. The zero-order valence-corrected chi connectivity index (χ0v) is 9.43. The maximum atomic E-state index is 5.76. The number of aromatic nitrogens is 3. The largest absolute Gasteiger partial charge is 0.399 e. The molecule has 4 nitrogen and oxygen atoms in total. The van der Waals surface area contributed by atoms with Gasteiger partial charge in [0.15, 0.2) is 0 Å². The number of hydrogen-bond donors (Lipinski definition) is 1. The fourth-order valence-corrected chi connectivity index (χ4v) is 1.65. The highest BCUT2D eigenvalue weighted by molar-refractivity contribution is 5.63. The summed E-state index contributed by atoms with van der Waals surface area (Å²) in [6.45, 7) is 3.07. The van der Waals surface area contributed by atoms with Gasteiger partial charge in [-0.3, -0.25) is 0 Å². The normalized spacial score (nSPS) is 10.6. The first-order valence-electron chi connectivity index (χ1n) is 5.55. The van der Waals surface area contributed by atoms with Crippen LogP contribution in [0.5, 0.6) is 0 Å². The minimum atomic E-state index is 0.765. The summed E-state index contributed by atoms with van der Waals surface area (Å²) in [6.07, 6.45) is 4.04. The Morgan fingerprint density at radius 2 is 2.25 bits per heavy atom. The number of unbranched alkanes of at least 4 members (excludes halogenated alkanes) is 1. The van der Waals surface area contributed by atoms with E-state index >= 15 is 0 Å². The van der Waals surface area contributed by atoms with E-state index < -0.39 is 0 Å². The summed E-state index contributed by atoms with van der Waals surface area (Å²) < 4.78 is 1.93. The minimum absolute atomic E-state index is 0.765. The van der Waals surface area contributed by atoms with Crippen molar-refractivity contribution in [3.63, 3.8) is 0 Å². The molecule has 4 heteroatoms. The predicted octanol–water partition coefficient (Wildman–Crippen LogP) is 2.33. The number of nitrogen functional groups attached to an aromatic ring is 1. The van der Waals surface area contributed by atoms with Crippen molar-refractivity contribution >= 4 is 5.69 Å². The van der Waals surface area contributed by atoms with Gasteiger partial charge in [0.05, 0.1) is 11.9 Å². The molecule has 84 valence electrons. The summed E-state index contributed by atoms with van der Waals surface area (Å²) >= 11 is 0. The van der Waals surface area contributed by atoms with E-state index in [0.717, 1.165) is 36.3 Å². The van der Waals surface area contributed by atoms with Crippen LogP contribution in [0.25, 0.3) is 11.3 Å². The summed E-state index contributed by atoms with van der Waals surface area (Å²) in [5.41, 5.74) is 8.63. The van der Waals surface area contributed by atoms with Gasteiger partial charge < -0.3 is 5.73 Å². The van der Waals surface area contributed by atoms with Crippen molar-refractivity contribution in [2.45, 2.75) is 26.3 Å². The van der Waals surface area contributed by atoms with Gasteiger partial charge in [0.25, 0.3) is 0 Å². The fourth-order valence-electron chi connectivity index (χ4n) is 1.65. The highest BCUT2D eigenvalue weighted by Gasteiger charge is 2.05. The smallest absolute Gasteiger partial charge is 0.0886 e. The lowest BCUT2D eigenvalue weighted by Gasteiger charge is -2.05. The lowest BCUT2D eigenvalue weighted by molar-refractivity contribution is 0.557. The number of anilines is 1. The van der Waals surface area contributed by atoms with Crippen LogP contribution >= 0.6 is 0 Å². The van der Waals surface area contributed by atoms with Gasteiger partial charge in [-0.1, -0.05) is 30.7 Å². The molecule has 0 radical (unpaired) electrons. The number of aryl methyl sites for hydroxylation is 1. The Hall–Kier alpha value is -1.84. The Labute approximate surface area is 95.1 Å². The van der Waals surface area contributed by atoms with Gasteiger partial charge in [-0.05, 0) is 18.6 Å². The second kappa shape index (κ2) is 4.79. The topological polar surface area (TPSA) is 56.7 Å². The molecular formula is C12H16N4. The lowest BCUT2D eigenvalue weighted by Crippen LogP contribution is -2.02. The van der Waals surface area contributed by atoms with Crippen molar-refractivity contribution in [2.75, 3.05) is 5.73 Å². The third kappa shape index (κ3) is 2.21. The minimum Gasteiger partial charge on any atom is -0.399 e. The molecule has 0 unspecified atom stereocenters. The van der Waals surface area contributed by atoms with Crippen LogP contribution in [0.2, 0.25) is 0 Å². The van der Waals surface area contributed by atoms with Crippen molar-refractivity contribution in [1.82, 2.24) is 15.0 Å². The molecular weight excluding hydrogens is 200 g/mol. The Balaban J connectivity index is 2.29. The van der Waals surface area contributed by atoms with Gasteiger partial charge in [0, 0.05) is 17.8 Å². The van der Waals surface area contributed by atoms with Crippen molar-refractivity contribution in [2.24, 2.45) is 0 Å². The molecule has 0 saturated heterocycles. The van der Waals surface area contributed by atoms with Crippen LogP contribution in [0.15, 0.2) is 30.5 Å². The van der Waals surface area contributed by atoms with Crippen LogP contribution in [-0.4, -0.2) is 15.0 Å². The number of rotatable bonds is 4. The first kappa shape index (κ1) is 10.7. The van der Waals surface area contributed by atoms with E-state index in [0.29, 0.717) is 0 Å². The highest BCUT2D eigenvalue weighted by atomic mass is 15.4. The van der Waals surface area contributed by atoms with E-state index in [2.05, 4.69) is 17.2 Å². The fraction of sp³-hybridized carbons (Fsp3) is 0.333. The zero-order chi connectivity index (χ0) is 11.4. The second-order valence-corrected chi connectivity index (χ2v) is 3.82. The molecule has 1 aromatic carbocycles. The molecule has 2 aromatic rings. The Morgan fingerprint density at radius 3 is 3.00 bits per heavy atom. The van der Waals surface area contributed by atoms with E-state index in [-0.39, 0.29) is 0 Å². The van der Waals surface area contributed by atoms with Crippen molar-refractivity contribution < 1.29 is 0 Å². The Bertz CT molecular complexity index is 462. The average molecular weight is 216 g/mol. The highest BCUT2D eigenvalue weighted by Crippen LogP contribution is 2.20. The molecule has 1 heterocycles. The first-order valence-corrected chi connectivity index (χ1v) is 5.55. The molecule has 0 bridgehead atoms. The van der Waals surface area contributed by atoms with Gasteiger partial charge in [-0.2, -0.15) is 0 Å². The third-order valence-corrected chi connectivity index (χ3v) is 2.52. The summed E-state index contributed by atoms with van der Waals surface area (Å²) in [4.78, 5) is 0. The molecule has 0 atom stereocenters. The molecule has 0 aliphatic carbocycles. The summed E-state index contributed by atoms with van der Waals surface area (Å²) in [5, 5.41) is 8.04. The average Bonchev–Trinajstić information content (AvgIpc) is 2.74. The number of nitrogens with zero attached hydrogens (tertiary/aromatic N) is 3. The Kier molecular flexibility index (Phi) is 3.19. The Morgan fingerprint density at radius 1 is 1.38 bits per heavy atom. The van der Waals surface area contributed by atoms with Gasteiger partial charge in [0.1, 0.15) is 0 Å². The lowest BCUT2D eigenvalue weighted by atomic mass is 10.1. The van der Waals surface area contributed by atoms with Crippen LogP contribution in [0.1, 0.15) is 19.8 Å². The zero-order valence-electron chi connectivity index (χ0n) is 9.43. The van der Waals surface area contributed by atoms with Gasteiger partial charge >= 0.3 is 0 Å². The summed E-state index contributed by atoms with van der Waals surface area (Å²) in [6, 6.07) is 7.80. The summed E-state index contributed by atoms with van der Waals surface area (Å²) in [5.74, 6) is 0. The SMILES string of the molecule is CCCCn1nncc1-c1cccc(N)c1. The standard InChI is InChI=1S/C12H16N4/c1-2-3-7-16-12(9-14-15-16)10-5-4-6-11(13)8-10/h4-6,8-9H,2-3,7,13H2,1H3. The van der Waals surface area contributed by atoms with Gasteiger partial charge in [-0.15, -0.1) is 5.10 Å². The predicted molar refractivity (Wildman–Crippen MR) is 64.8 cm³/mol. The quantitative estimate of drug-likeness (QED) is 0.798. The molecule has 0 fully saturated rings. The van der Waals surface area contributed by atoms with E-state index in [4.69, 9.17) is 5.73 Å². The van der Waals surface area contributed by atoms with Crippen molar-refractivity contribution in [3.05, 3.63) is 30.5 Å². The maximum Gasteiger partial charge on any atom is 0.0886 e. The monoisotopic (exact) mass is 216 g/mol. The van der Waals surface area contributed by atoms with E-state index in [1.165, 1.54) is 0 Å². The van der Waals surface area contributed by atoms with E-state index in [9.17, 15) is 0 Å². The second-order valence-electron chi connectivity index (χ2n) is 3.82. The third-order valence-electron chi connectivity index (χ3n) is 2.52. The van der Waals surface area contributed by atoms with Crippen LogP contribution in [0.3, 0.4) is 0 Å². The summed E-state index contributed by atoms with van der Waals surface area (Å²) in [7, 11) is 0. The molecule has 16 heavy (non-hydrogen) atoms. The van der Waals surface area contributed by atoms with Crippen LogP contribution in [0, 0.1) is 0 Å². The number of benzene rings is 1. The first-order chi connectivity index (χ1) is 7.81. The van der Waals surface area contributed by atoms with Crippen LogP contribution in [-0.2, 0) is 6.54 Å². The molecule has 0 spiro atoms. The van der Waals surface area contributed by atoms with Crippen molar-refractivity contribution in [3.8, 4) is 11.3 Å². The van der Waals surface area contributed by atoms with Gasteiger partial charge in [0.2, 0.25) is 0 Å². The van der Waals surface area contributed by atoms with Gasteiger partial charge in [-0.25, -0.2) is 4.68 Å². The molecule has 0 aliphatic rings.